The van der Waals surface area contributed by atoms with Gasteiger partial charge in [0.2, 0.25) is 0 Å². The molecule has 20 heavy (non-hydrogen) atoms. The maximum atomic E-state index is 11.6. The van der Waals surface area contributed by atoms with E-state index >= 15 is 0 Å². The molecule has 2 unspecified atom stereocenters. The van der Waals surface area contributed by atoms with Crippen molar-refractivity contribution in [2.45, 2.75) is 25.5 Å². The molecule has 0 saturated carbocycles. The Kier molecular flexibility index (Phi) is 6.52. The SMILES string of the molecule is CC(O)C(N)C(=O)Oc1cccc(CCON(O)O)c1. The lowest BCUT2D eigenvalue weighted by molar-refractivity contribution is -0.492. The van der Waals surface area contributed by atoms with Crippen LogP contribution in [0.3, 0.4) is 0 Å². The fourth-order valence-corrected chi connectivity index (χ4v) is 1.39. The van der Waals surface area contributed by atoms with E-state index in [2.05, 4.69) is 4.84 Å². The molecule has 0 amide bonds. The quantitative estimate of drug-likeness (QED) is 0.310. The third-order valence-corrected chi connectivity index (χ3v) is 2.51. The molecule has 0 aliphatic heterocycles. The Morgan fingerprint density at radius 1 is 1.45 bits per heavy atom. The van der Waals surface area contributed by atoms with Gasteiger partial charge in [-0.3, -0.25) is 15.3 Å². The largest absolute Gasteiger partial charge is 0.425 e. The van der Waals surface area contributed by atoms with Gasteiger partial charge in [-0.05, 0) is 31.0 Å². The van der Waals surface area contributed by atoms with Crippen LogP contribution in [-0.2, 0) is 16.1 Å². The first-order chi connectivity index (χ1) is 9.40. The normalized spacial score (nSPS) is 14.1. The van der Waals surface area contributed by atoms with E-state index in [1.54, 1.807) is 24.3 Å². The molecule has 0 radical (unpaired) electrons. The van der Waals surface area contributed by atoms with Crippen LogP contribution in [-0.4, -0.2) is 45.6 Å². The topological polar surface area (TPSA) is 125 Å². The summed E-state index contributed by atoms with van der Waals surface area (Å²) in [4.78, 5) is 16.0. The second-order valence-electron chi connectivity index (χ2n) is 4.17. The molecule has 5 N–H and O–H groups in total. The van der Waals surface area contributed by atoms with Gasteiger partial charge in [0.15, 0.2) is 0 Å². The minimum Gasteiger partial charge on any atom is -0.425 e. The summed E-state index contributed by atoms with van der Waals surface area (Å²) in [7, 11) is 0. The van der Waals surface area contributed by atoms with Gasteiger partial charge in [0.1, 0.15) is 11.8 Å². The van der Waals surface area contributed by atoms with Gasteiger partial charge in [-0.25, -0.2) is 4.79 Å². The highest BCUT2D eigenvalue weighted by molar-refractivity contribution is 5.78. The molecule has 112 valence electrons. The molecule has 0 aliphatic rings. The monoisotopic (exact) mass is 286 g/mol. The second kappa shape index (κ2) is 7.90. The molecule has 0 bridgehead atoms. The van der Waals surface area contributed by atoms with Gasteiger partial charge in [-0.2, -0.15) is 0 Å². The minimum atomic E-state index is -1.11. The molecular formula is C12H18N2O6. The first-order valence-corrected chi connectivity index (χ1v) is 5.95. The van der Waals surface area contributed by atoms with E-state index < -0.39 is 18.1 Å². The molecule has 0 saturated heterocycles. The van der Waals surface area contributed by atoms with Crippen LogP contribution in [0, 0.1) is 0 Å². The Labute approximate surface area is 115 Å². The van der Waals surface area contributed by atoms with Crippen LogP contribution in [0.1, 0.15) is 12.5 Å². The lowest BCUT2D eigenvalue weighted by Crippen LogP contribution is -2.42. The highest BCUT2D eigenvalue weighted by Crippen LogP contribution is 2.15. The van der Waals surface area contributed by atoms with E-state index in [0.717, 1.165) is 5.56 Å². The summed E-state index contributed by atoms with van der Waals surface area (Å²) < 4.78 is 5.03. The summed E-state index contributed by atoms with van der Waals surface area (Å²) in [5, 5.41) is 25.6. The Morgan fingerprint density at radius 3 is 2.75 bits per heavy atom. The predicted octanol–water partition coefficient (Wildman–Crippen LogP) is -0.145. The molecular weight excluding hydrogens is 268 g/mol. The van der Waals surface area contributed by atoms with Crippen molar-refractivity contribution in [1.82, 2.24) is 5.39 Å². The summed E-state index contributed by atoms with van der Waals surface area (Å²) in [6.45, 7) is 1.44. The molecule has 8 heteroatoms. The van der Waals surface area contributed by atoms with E-state index in [1.165, 1.54) is 6.92 Å². The number of rotatable bonds is 7. The second-order valence-corrected chi connectivity index (χ2v) is 4.17. The van der Waals surface area contributed by atoms with Crippen molar-refractivity contribution in [3.05, 3.63) is 29.8 Å². The molecule has 2 atom stereocenters. The standard InChI is InChI=1S/C12H18N2O6/c1-8(15)11(13)12(16)20-10-4-2-3-9(7-10)5-6-19-14(17)18/h2-4,7-8,11,15,17-18H,5-6,13H2,1H3. The summed E-state index contributed by atoms with van der Waals surface area (Å²) in [5.74, 6) is -0.446. The maximum absolute atomic E-state index is 11.6. The number of carbonyl (C=O) groups excluding carboxylic acids is 1. The molecule has 0 aliphatic carbocycles. The third kappa shape index (κ3) is 5.61. The van der Waals surface area contributed by atoms with Gasteiger partial charge < -0.3 is 15.6 Å². The van der Waals surface area contributed by atoms with E-state index in [-0.39, 0.29) is 17.7 Å². The molecule has 0 spiro atoms. The Bertz CT molecular complexity index is 438. The van der Waals surface area contributed by atoms with Crippen molar-refractivity contribution in [2.24, 2.45) is 5.73 Å². The van der Waals surface area contributed by atoms with E-state index in [9.17, 15) is 9.90 Å². The van der Waals surface area contributed by atoms with Crippen molar-refractivity contribution in [1.29, 1.82) is 0 Å². The first-order valence-electron chi connectivity index (χ1n) is 5.95. The van der Waals surface area contributed by atoms with Gasteiger partial charge >= 0.3 is 5.97 Å². The Balaban J connectivity index is 2.57. The maximum Gasteiger partial charge on any atom is 0.330 e. The zero-order chi connectivity index (χ0) is 15.1. The number of hydrogen-bond donors (Lipinski definition) is 4. The van der Waals surface area contributed by atoms with Crippen LogP contribution in [0.5, 0.6) is 5.75 Å². The number of aliphatic hydroxyl groups excluding tert-OH is 1. The number of aliphatic hydroxyl groups is 1. The van der Waals surface area contributed by atoms with Crippen molar-refractivity contribution < 1.29 is 29.9 Å². The molecule has 1 rings (SSSR count). The van der Waals surface area contributed by atoms with Crippen molar-refractivity contribution in [3.8, 4) is 5.75 Å². The van der Waals surface area contributed by atoms with Crippen LogP contribution < -0.4 is 10.5 Å². The Hall–Kier alpha value is -1.55. The molecule has 0 heterocycles. The summed E-state index contributed by atoms with van der Waals surface area (Å²) in [6, 6.07) is 5.48. The van der Waals surface area contributed by atoms with Crippen molar-refractivity contribution in [2.75, 3.05) is 6.61 Å². The molecule has 1 aromatic carbocycles. The van der Waals surface area contributed by atoms with Crippen LogP contribution in [0.25, 0.3) is 0 Å². The van der Waals surface area contributed by atoms with E-state index in [4.69, 9.17) is 20.9 Å². The molecule has 1 aromatic rings. The van der Waals surface area contributed by atoms with Crippen LogP contribution >= 0.6 is 0 Å². The average Bonchev–Trinajstić information content (AvgIpc) is 2.37. The predicted molar refractivity (Wildman–Crippen MR) is 66.8 cm³/mol. The van der Waals surface area contributed by atoms with Crippen LogP contribution in [0.2, 0.25) is 0 Å². The fourth-order valence-electron chi connectivity index (χ4n) is 1.39. The van der Waals surface area contributed by atoms with Gasteiger partial charge in [-0.15, -0.1) is 0 Å². The highest BCUT2D eigenvalue weighted by Gasteiger charge is 2.20. The van der Waals surface area contributed by atoms with Gasteiger partial charge in [0.25, 0.3) is 0 Å². The number of carbonyl (C=O) groups is 1. The number of nitrogens with zero attached hydrogens (tertiary/aromatic N) is 1. The average molecular weight is 286 g/mol. The van der Waals surface area contributed by atoms with Gasteiger partial charge in [0, 0.05) is 0 Å². The first kappa shape index (κ1) is 16.5. The van der Waals surface area contributed by atoms with E-state index in [0.29, 0.717) is 6.42 Å². The number of ether oxygens (including phenoxy) is 1. The lowest BCUT2D eigenvalue weighted by atomic mass is 10.1. The minimum absolute atomic E-state index is 0.0393. The lowest BCUT2D eigenvalue weighted by Gasteiger charge is -2.14. The summed E-state index contributed by atoms with van der Waals surface area (Å²) in [6.07, 6.45) is -0.620. The van der Waals surface area contributed by atoms with Gasteiger partial charge in [-0.1, -0.05) is 12.1 Å². The third-order valence-electron chi connectivity index (χ3n) is 2.51. The highest BCUT2D eigenvalue weighted by atomic mass is 17.1. The fraction of sp³-hybridized carbons (Fsp3) is 0.417. The zero-order valence-electron chi connectivity index (χ0n) is 11.0. The number of benzene rings is 1. The van der Waals surface area contributed by atoms with Crippen LogP contribution in [0.15, 0.2) is 24.3 Å². The molecule has 8 nitrogen and oxygen atoms in total. The van der Waals surface area contributed by atoms with Gasteiger partial charge in [0.05, 0.1) is 18.1 Å². The summed E-state index contributed by atoms with van der Waals surface area (Å²) >= 11 is 0. The van der Waals surface area contributed by atoms with Crippen molar-refractivity contribution in [3.63, 3.8) is 0 Å². The zero-order valence-corrected chi connectivity index (χ0v) is 11.0. The molecule has 0 fully saturated rings. The Morgan fingerprint density at radius 2 is 2.15 bits per heavy atom. The van der Waals surface area contributed by atoms with Crippen molar-refractivity contribution >= 4 is 5.97 Å². The smallest absolute Gasteiger partial charge is 0.330 e. The number of nitrogens with two attached hydrogens (primary N) is 1. The summed E-state index contributed by atoms with van der Waals surface area (Å²) in [5.41, 5.74) is 6.22. The molecule has 0 aromatic heterocycles. The van der Waals surface area contributed by atoms with Crippen LogP contribution in [0.4, 0.5) is 0 Å². The van der Waals surface area contributed by atoms with E-state index in [1.807, 2.05) is 0 Å². The number of hydrogen-bond acceptors (Lipinski definition) is 8. The number of esters is 1.